The summed E-state index contributed by atoms with van der Waals surface area (Å²) in [6.45, 7) is 6.88. The molecule has 1 heterocycles. The zero-order chi connectivity index (χ0) is 18.6. The fourth-order valence-electron chi connectivity index (χ4n) is 3.21. The summed E-state index contributed by atoms with van der Waals surface area (Å²) in [5.41, 5.74) is 1.00. The van der Waals surface area contributed by atoms with Gasteiger partial charge in [-0.3, -0.25) is 0 Å². The van der Waals surface area contributed by atoms with Gasteiger partial charge in [-0.25, -0.2) is 13.4 Å². The number of hydrogen-bond donors (Lipinski definition) is 2. The van der Waals surface area contributed by atoms with Crippen molar-refractivity contribution in [2.75, 3.05) is 19.6 Å². The van der Waals surface area contributed by atoms with Gasteiger partial charge in [0.25, 0.3) is 0 Å². The number of nitrogens with zero attached hydrogens (tertiary/aromatic N) is 2. The molecule has 1 aliphatic carbocycles. The summed E-state index contributed by atoms with van der Waals surface area (Å²) >= 11 is 0. The van der Waals surface area contributed by atoms with E-state index in [1.165, 1.54) is 6.42 Å². The van der Waals surface area contributed by atoms with Gasteiger partial charge in [0.2, 0.25) is 10.0 Å². The Morgan fingerprint density at radius 1 is 1.19 bits per heavy atom. The highest BCUT2D eigenvalue weighted by atomic mass is 127. The molecule has 0 amide bonds. The predicted molar refractivity (Wildman–Crippen MR) is 120 cm³/mol. The standard InChI is InChI=1S/C19H30N4O2S.HI/c1-3-20-19(22-18-13-15(18)2)21-14-16-7-9-17(10-8-16)26(24,25)23-11-5-4-6-12-23;/h7-10,15,18H,3-6,11-14H2,1-2H3,(H2,20,21,22);1H. The van der Waals surface area contributed by atoms with Crippen molar-refractivity contribution in [3.8, 4) is 0 Å². The molecular weight excluding hydrogens is 475 g/mol. The van der Waals surface area contributed by atoms with Gasteiger partial charge in [-0.1, -0.05) is 25.5 Å². The maximum Gasteiger partial charge on any atom is 0.243 e. The topological polar surface area (TPSA) is 73.8 Å². The van der Waals surface area contributed by atoms with Gasteiger partial charge in [-0.2, -0.15) is 4.31 Å². The van der Waals surface area contributed by atoms with Gasteiger partial charge in [0, 0.05) is 25.7 Å². The van der Waals surface area contributed by atoms with E-state index in [1.807, 2.05) is 19.1 Å². The molecule has 0 radical (unpaired) electrons. The normalized spacial score (nSPS) is 23.4. The highest BCUT2D eigenvalue weighted by molar-refractivity contribution is 14.0. The van der Waals surface area contributed by atoms with Crippen molar-refractivity contribution in [2.45, 2.75) is 57.0 Å². The monoisotopic (exact) mass is 506 g/mol. The fourth-order valence-corrected chi connectivity index (χ4v) is 4.73. The Balaban J connectivity index is 0.00000261. The number of hydrogen-bond acceptors (Lipinski definition) is 3. The minimum absolute atomic E-state index is 0. The second kappa shape index (κ2) is 10.1. The first-order valence-corrected chi connectivity index (χ1v) is 11.1. The van der Waals surface area contributed by atoms with Gasteiger partial charge in [-0.05, 0) is 49.8 Å². The maximum atomic E-state index is 12.7. The molecule has 2 fully saturated rings. The molecule has 2 aliphatic rings. The number of piperidine rings is 1. The van der Waals surface area contributed by atoms with Crippen molar-refractivity contribution in [3.05, 3.63) is 29.8 Å². The van der Waals surface area contributed by atoms with Crippen molar-refractivity contribution >= 4 is 40.0 Å². The van der Waals surface area contributed by atoms with Crippen molar-refractivity contribution < 1.29 is 8.42 Å². The molecule has 2 atom stereocenters. The number of aliphatic imine (C=N–C) groups is 1. The summed E-state index contributed by atoms with van der Waals surface area (Å²) in [6, 6.07) is 7.66. The number of rotatable bonds is 6. The second-order valence-electron chi connectivity index (χ2n) is 7.27. The molecule has 0 aromatic heterocycles. The number of benzene rings is 1. The van der Waals surface area contributed by atoms with E-state index in [-0.39, 0.29) is 24.0 Å². The Bertz CT molecular complexity index is 731. The van der Waals surface area contributed by atoms with E-state index in [9.17, 15) is 8.42 Å². The zero-order valence-corrected chi connectivity index (χ0v) is 19.3. The van der Waals surface area contributed by atoms with E-state index >= 15 is 0 Å². The molecule has 1 aromatic rings. The zero-order valence-electron chi connectivity index (χ0n) is 16.1. The van der Waals surface area contributed by atoms with Crippen LogP contribution in [0, 0.1) is 5.92 Å². The van der Waals surface area contributed by atoms with Gasteiger partial charge >= 0.3 is 0 Å². The molecule has 1 aromatic carbocycles. The summed E-state index contributed by atoms with van der Waals surface area (Å²) in [4.78, 5) is 4.99. The average Bonchev–Trinajstić information content (AvgIpc) is 3.35. The number of halogens is 1. The minimum Gasteiger partial charge on any atom is -0.357 e. The van der Waals surface area contributed by atoms with Crippen LogP contribution in [0.15, 0.2) is 34.2 Å². The van der Waals surface area contributed by atoms with Gasteiger partial charge < -0.3 is 10.6 Å². The lowest BCUT2D eigenvalue weighted by Gasteiger charge is -2.25. The SMILES string of the molecule is CCNC(=NCc1ccc(S(=O)(=O)N2CCCCC2)cc1)NC1CC1C.I. The summed E-state index contributed by atoms with van der Waals surface area (Å²) in [6.07, 6.45) is 4.20. The number of nitrogens with one attached hydrogen (secondary N) is 2. The van der Waals surface area contributed by atoms with Crippen LogP contribution in [0.1, 0.15) is 45.1 Å². The smallest absolute Gasteiger partial charge is 0.243 e. The third kappa shape index (κ3) is 6.05. The van der Waals surface area contributed by atoms with Crippen LogP contribution in [0.2, 0.25) is 0 Å². The van der Waals surface area contributed by atoms with Crippen molar-refractivity contribution in [2.24, 2.45) is 10.9 Å². The number of sulfonamides is 1. The van der Waals surface area contributed by atoms with Crippen molar-refractivity contribution in [1.29, 1.82) is 0 Å². The Labute approximate surface area is 180 Å². The van der Waals surface area contributed by atoms with Crippen LogP contribution in [0.4, 0.5) is 0 Å². The van der Waals surface area contributed by atoms with Crippen LogP contribution >= 0.6 is 24.0 Å². The first-order chi connectivity index (χ1) is 12.5. The number of guanidine groups is 1. The molecule has 1 aliphatic heterocycles. The van der Waals surface area contributed by atoms with E-state index in [2.05, 4.69) is 22.5 Å². The lowest BCUT2D eigenvalue weighted by Crippen LogP contribution is -2.39. The molecule has 8 heteroatoms. The maximum absolute atomic E-state index is 12.7. The molecular formula is C19H31IN4O2S. The quantitative estimate of drug-likeness (QED) is 0.354. The second-order valence-corrected chi connectivity index (χ2v) is 9.21. The van der Waals surface area contributed by atoms with E-state index in [1.54, 1.807) is 16.4 Å². The fraction of sp³-hybridized carbons (Fsp3) is 0.632. The third-order valence-electron chi connectivity index (χ3n) is 5.07. The molecule has 1 saturated carbocycles. The molecule has 152 valence electrons. The van der Waals surface area contributed by atoms with Gasteiger partial charge in [0.1, 0.15) is 0 Å². The van der Waals surface area contributed by atoms with Crippen LogP contribution in [-0.2, 0) is 16.6 Å². The van der Waals surface area contributed by atoms with Crippen molar-refractivity contribution in [3.63, 3.8) is 0 Å². The molecule has 0 spiro atoms. The lowest BCUT2D eigenvalue weighted by atomic mass is 10.2. The van der Waals surface area contributed by atoms with E-state index in [4.69, 9.17) is 0 Å². The average molecular weight is 506 g/mol. The van der Waals surface area contributed by atoms with Gasteiger partial charge in [0.15, 0.2) is 5.96 Å². The largest absolute Gasteiger partial charge is 0.357 e. The molecule has 27 heavy (non-hydrogen) atoms. The van der Waals surface area contributed by atoms with Crippen LogP contribution in [0.5, 0.6) is 0 Å². The first kappa shape index (κ1) is 22.4. The van der Waals surface area contributed by atoms with Crippen molar-refractivity contribution in [1.82, 2.24) is 14.9 Å². The Morgan fingerprint density at radius 2 is 1.81 bits per heavy atom. The third-order valence-corrected chi connectivity index (χ3v) is 6.98. The Morgan fingerprint density at radius 3 is 2.37 bits per heavy atom. The molecule has 3 rings (SSSR count). The summed E-state index contributed by atoms with van der Waals surface area (Å²) in [7, 11) is -3.36. The molecule has 1 saturated heterocycles. The van der Waals surface area contributed by atoms with Crippen LogP contribution in [0.3, 0.4) is 0 Å². The summed E-state index contributed by atoms with van der Waals surface area (Å²) < 4.78 is 27.0. The summed E-state index contributed by atoms with van der Waals surface area (Å²) in [5.74, 6) is 1.53. The van der Waals surface area contributed by atoms with Gasteiger partial charge in [0.05, 0.1) is 11.4 Å². The van der Waals surface area contributed by atoms with Crippen LogP contribution < -0.4 is 10.6 Å². The minimum atomic E-state index is -3.36. The highest BCUT2D eigenvalue weighted by Crippen LogP contribution is 2.28. The highest BCUT2D eigenvalue weighted by Gasteiger charge is 2.33. The lowest BCUT2D eigenvalue weighted by molar-refractivity contribution is 0.346. The predicted octanol–water partition coefficient (Wildman–Crippen LogP) is 2.94. The van der Waals surface area contributed by atoms with E-state index in [0.717, 1.165) is 37.3 Å². The Kier molecular flexibility index (Phi) is 8.36. The Hall–Kier alpha value is -0.870. The van der Waals surface area contributed by atoms with Crippen LogP contribution in [0.25, 0.3) is 0 Å². The molecule has 0 bridgehead atoms. The molecule has 2 N–H and O–H groups in total. The molecule has 6 nitrogen and oxygen atoms in total. The van der Waals surface area contributed by atoms with E-state index in [0.29, 0.717) is 36.5 Å². The summed E-state index contributed by atoms with van der Waals surface area (Å²) in [5, 5.41) is 6.69. The van der Waals surface area contributed by atoms with Crippen LogP contribution in [-0.4, -0.2) is 44.4 Å². The van der Waals surface area contributed by atoms with E-state index < -0.39 is 10.0 Å². The molecule has 2 unspecified atom stereocenters. The van der Waals surface area contributed by atoms with Gasteiger partial charge in [-0.15, -0.1) is 24.0 Å². The first-order valence-electron chi connectivity index (χ1n) is 9.64.